The fourth-order valence-corrected chi connectivity index (χ4v) is 3.48. The van der Waals surface area contributed by atoms with Crippen molar-refractivity contribution >= 4 is 40.7 Å². The molecule has 11 N–H and O–H groups in total. The number of nitrogens with two attached hydrogens (primary N) is 2. The van der Waals surface area contributed by atoms with Crippen molar-refractivity contribution in [3.8, 4) is 0 Å². The third-order valence-corrected chi connectivity index (χ3v) is 5.26. The van der Waals surface area contributed by atoms with Gasteiger partial charge in [-0.25, -0.2) is 4.99 Å². The summed E-state index contributed by atoms with van der Waals surface area (Å²) >= 11 is 0. The van der Waals surface area contributed by atoms with Gasteiger partial charge in [-0.05, 0) is 20.3 Å². The van der Waals surface area contributed by atoms with Gasteiger partial charge in [0, 0.05) is 12.5 Å². The number of fused-ring (bicyclic) bond motifs is 2. The van der Waals surface area contributed by atoms with E-state index in [0.717, 1.165) is 0 Å². The molecule has 2 aliphatic heterocycles. The monoisotopic (exact) mass is 477 g/mol. The van der Waals surface area contributed by atoms with Crippen molar-refractivity contribution in [2.45, 2.75) is 38.6 Å². The summed E-state index contributed by atoms with van der Waals surface area (Å²) in [6.07, 6.45) is -2.48. The van der Waals surface area contributed by atoms with Crippen LogP contribution in [-0.2, 0) is 11.2 Å². The van der Waals surface area contributed by atoms with Crippen molar-refractivity contribution in [1.82, 2.24) is 19.9 Å². The van der Waals surface area contributed by atoms with E-state index in [1.165, 1.54) is 13.8 Å². The lowest BCUT2D eigenvalue weighted by molar-refractivity contribution is -0.119. The van der Waals surface area contributed by atoms with Gasteiger partial charge in [-0.15, -0.1) is 0 Å². The van der Waals surface area contributed by atoms with Gasteiger partial charge < -0.3 is 37.4 Å². The standard InChI is InChI=1S/C10H16N4O3.C9H11N5O3/c1-4(15)7(16)5-2-6-8(12-3-5)13-10(11)14-9(6)17;1-3(15)6(16)4-2-11-7-5(12-4)8(17)14-9(10)13-7/h4-5,7,15-16H,2-3H2,1H3,(H4,11,12,13,14,17);3,15H,2H2,1H3,(H4,10,11,13,14,17)/t4-,5+,7-;3-/m00/s1. The van der Waals surface area contributed by atoms with Gasteiger partial charge in [-0.1, -0.05) is 0 Å². The van der Waals surface area contributed by atoms with Crippen molar-refractivity contribution in [2.75, 3.05) is 35.2 Å². The highest BCUT2D eigenvalue weighted by Crippen LogP contribution is 2.23. The first kappa shape index (κ1) is 24.8. The van der Waals surface area contributed by atoms with Gasteiger partial charge in [0.2, 0.25) is 17.7 Å². The zero-order valence-corrected chi connectivity index (χ0v) is 18.5. The Bertz CT molecular complexity index is 1220. The number of anilines is 4. The van der Waals surface area contributed by atoms with Crippen LogP contribution in [0.25, 0.3) is 0 Å². The molecular formula is C19H27N9O6. The maximum atomic E-state index is 11.7. The highest BCUT2D eigenvalue weighted by Gasteiger charge is 2.30. The molecule has 4 heterocycles. The van der Waals surface area contributed by atoms with Crippen LogP contribution in [0.15, 0.2) is 14.6 Å². The summed E-state index contributed by atoms with van der Waals surface area (Å²) < 4.78 is 0. The summed E-state index contributed by atoms with van der Waals surface area (Å²) in [6.45, 7) is 3.42. The third-order valence-electron chi connectivity index (χ3n) is 5.26. The van der Waals surface area contributed by atoms with E-state index in [-0.39, 0.29) is 47.1 Å². The van der Waals surface area contributed by atoms with E-state index in [2.05, 4.69) is 35.6 Å². The number of hydrogen-bond donors (Lipinski definition) is 9. The Labute approximate surface area is 192 Å². The zero-order chi connectivity index (χ0) is 25.2. The van der Waals surface area contributed by atoms with E-state index >= 15 is 0 Å². The molecule has 0 radical (unpaired) electrons. The molecule has 184 valence electrons. The molecule has 0 bridgehead atoms. The van der Waals surface area contributed by atoms with Crippen LogP contribution >= 0.6 is 0 Å². The number of nitrogens with zero attached hydrogens (tertiary/aromatic N) is 3. The first-order valence-corrected chi connectivity index (χ1v) is 10.4. The van der Waals surface area contributed by atoms with Crippen LogP contribution in [0.5, 0.6) is 0 Å². The molecule has 0 spiro atoms. The number of aromatic amines is 2. The van der Waals surface area contributed by atoms with Crippen molar-refractivity contribution < 1.29 is 20.1 Å². The number of carbonyl (C=O) groups excluding carboxylic acids is 1. The fourth-order valence-electron chi connectivity index (χ4n) is 3.48. The number of ketones is 1. The molecule has 0 aliphatic carbocycles. The molecule has 0 aromatic carbocycles. The third kappa shape index (κ3) is 5.38. The number of rotatable bonds is 4. The summed E-state index contributed by atoms with van der Waals surface area (Å²) in [6, 6.07) is 0. The van der Waals surface area contributed by atoms with Crippen LogP contribution in [-0.4, -0.2) is 78.2 Å². The van der Waals surface area contributed by atoms with Crippen LogP contribution in [0.2, 0.25) is 0 Å². The maximum absolute atomic E-state index is 11.7. The SMILES string of the molecule is C[C@H](O)C(=O)C1=Nc2c(nc(N)[nH]c2=O)NC1.C[C@H](O)[C@H](O)[C@H]1CNc2nc(N)[nH]c(=O)c2C1. The predicted molar refractivity (Wildman–Crippen MR) is 124 cm³/mol. The largest absolute Gasteiger partial charge is 0.391 e. The van der Waals surface area contributed by atoms with Gasteiger partial charge in [-0.2, -0.15) is 9.97 Å². The molecule has 0 unspecified atom stereocenters. The second kappa shape index (κ2) is 9.98. The van der Waals surface area contributed by atoms with Gasteiger partial charge in [0.25, 0.3) is 11.1 Å². The minimum Gasteiger partial charge on any atom is -0.391 e. The number of aliphatic imine (C=N–C) groups is 1. The number of nitrogen functional groups attached to an aromatic ring is 2. The van der Waals surface area contributed by atoms with Gasteiger partial charge in [0.1, 0.15) is 17.6 Å². The van der Waals surface area contributed by atoms with Crippen molar-refractivity contribution in [3.05, 3.63) is 26.3 Å². The lowest BCUT2D eigenvalue weighted by atomic mass is 9.89. The molecule has 4 atom stereocenters. The topological polar surface area (TPSA) is 258 Å². The molecule has 2 aromatic rings. The lowest BCUT2D eigenvalue weighted by Crippen LogP contribution is -2.41. The predicted octanol–water partition coefficient (Wildman–Crippen LogP) is -2.52. The summed E-state index contributed by atoms with van der Waals surface area (Å²) in [5.74, 6) is -0.0142. The van der Waals surface area contributed by atoms with Crippen LogP contribution in [0.4, 0.5) is 29.2 Å². The first-order valence-electron chi connectivity index (χ1n) is 10.4. The van der Waals surface area contributed by atoms with Crippen molar-refractivity contribution in [3.63, 3.8) is 0 Å². The minimum absolute atomic E-state index is 0.00514. The second-order valence-corrected chi connectivity index (χ2v) is 7.96. The average Bonchev–Trinajstić information content (AvgIpc) is 2.77. The Balaban J connectivity index is 0.000000191. The van der Waals surface area contributed by atoms with Gasteiger partial charge >= 0.3 is 0 Å². The highest BCUT2D eigenvalue weighted by atomic mass is 16.3. The van der Waals surface area contributed by atoms with Crippen LogP contribution in [0, 0.1) is 5.92 Å². The number of aromatic nitrogens is 4. The molecule has 0 amide bonds. The number of aliphatic hydroxyl groups is 3. The number of nitrogens with one attached hydrogen (secondary N) is 4. The number of aliphatic hydroxyl groups excluding tert-OH is 3. The van der Waals surface area contributed by atoms with E-state index < -0.39 is 29.7 Å². The second-order valence-electron chi connectivity index (χ2n) is 7.96. The highest BCUT2D eigenvalue weighted by molar-refractivity contribution is 6.43. The molecule has 15 heteroatoms. The van der Waals surface area contributed by atoms with Gasteiger partial charge in [0.05, 0.1) is 24.3 Å². The molecule has 4 rings (SSSR count). The number of H-pyrrole nitrogens is 2. The quantitative estimate of drug-likeness (QED) is 0.221. The van der Waals surface area contributed by atoms with Gasteiger partial charge in [0.15, 0.2) is 11.5 Å². The molecule has 15 nitrogen and oxygen atoms in total. The van der Waals surface area contributed by atoms with Crippen LogP contribution in [0.3, 0.4) is 0 Å². The first-order chi connectivity index (χ1) is 16.0. The molecule has 34 heavy (non-hydrogen) atoms. The smallest absolute Gasteiger partial charge is 0.280 e. The lowest BCUT2D eigenvalue weighted by Gasteiger charge is -2.29. The number of hydrogen-bond acceptors (Lipinski definition) is 13. The maximum Gasteiger partial charge on any atom is 0.280 e. The van der Waals surface area contributed by atoms with E-state index in [9.17, 15) is 24.6 Å². The summed E-state index contributed by atoms with van der Waals surface area (Å²) in [7, 11) is 0. The Morgan fingerprint density at radius 3 is 2.24 bits per heavy atom. The van der Waals surface area contributed by atoms with Crippen molar-refractivity contribution in [1.29, 1.82) is 0 Å². The van der Waals surface area contributed by atoms with Crippen molar-refractivity contribution in [2.24, 2.45) is 10.9 Å². The normalized spacial score (nSPS) is 19.0. The average molecular weight is 477 g/mol. The molecule has 0 saturated heterocycles. The summed E-state index contributed by atoms with van der Waals surface area (Å²) in [5.41, 5.74) is 10.5. The zero-order valence-electron chi connectivity index (χ0n) is 18.5. The summed E-state index contributed by atoms with van der Waals surface area (Å²) in [5, 5.41) is 34.0. The van der Waals surface area contributed by atoms with Gasteiger partial charge in [-0.3, -0.25) is 24.4 Å². The molecule has 0 fully saturated rings. The van der Waals surface area contributed by atoms with E-state index in [1.54, 1.807) is 0 Å². The molecule has 0 saturated carbocycles. The van der Waals surface area contributed by atoms with E-state index in [0.29, 0.717) is 24.3 Å². The fraction of sp³-hybridized carbons (Fsp3) is 0.474. The molecule has 2 aliphatic rings. The Morgan fingerprint density at radius 2 is 1.62 bits per heavy atom. The Hall–Kier alpha value is -3.82. The van der Waals surface area contributed by atoms with E-state index in [1.807, 2.05) is 0 Å². The van der Waals surface area contributed by atoms with E-state index in [4.69, 9.17) is 16.6 Å². The molecular weight excluding hydrogens is 450 g/mol. The Kier molecular flexibility index (Phi) is 7.29. The number of carbonyl (C=O) groups is 1. The number of Topliss-reactive ketones (excluding diaryl/α,β-unsaturated/α-hetero) is 1. The summed E-state index contributed by atoms with van der Waals surface area (Å²) in [4.78, 5) is 51.1. The van der Waals surface area contributed by atoms with Crippen LogP contribution < -0.4 is 33.2 Å². The molecule has 2 aromatic heterocycles. The van der Waals surface area contributed by atoms with Crippen LogP contribution in [0.1, 0.15) is 19.4 Å². The Morgan fingerprint density at radius 1 is 1.00 bits per heavy atom. The minimum atomic E-state index is -1.15.